The highest BCUT2D eigenvalue weighted by molar-refractivity contribution is 9.08. The molecule has 4 nitrogen and oxygen atoms in total. The molecule has 0 aliphatic heterocycles. The van der Waals surface area contributed by atoms with Crippen LogP contribution in [-0.2, 0) is 15.2 Å². The van der Waals surface area contributed by atoms with Crippen LogP contribution in [0.2, 0.25) is 0 Å². The minimum atomic E-state index is -3.21. The van der Waals surface area contributed by atoms with E-state index < -0.39 is 9.84 Å². The lowest BCUT2D eigenvalue weighted by atomic mass is 10.00. The second-order valence-corrected chi connectivity index (χ2v) is 7.70. The van der Waals surface area contributed by atoms with Crippen molar-refractivity contribution >= 4 is 25.8 Å². The van der Waals surface area contributed by atoms with E-state index in [1.807, 2.05) is 30.3 Å². The molecule has 0 aliphatic carbocycles. The summed E-state index contributed by atoms with van der Waals surface area (Å²) in [5, 5.41) is 4.72. The molecule has 118 valence electrons. The van der Waals surface area contributed by atoms with Crippen LogP contribution in [0.15, 0.2) is 64.0 Å². The largest absolute Gasteiger partial charge is 0.359 e. The van der Waals surface area contributed by atoms with Gasteiger partial charge in [0, 0.05) is 11.8 Å². The first kappa shape index (κ1) is 16.0. The first-order valence-electron chi connectivity index (χ1n) is 6.91. The molecule has 6 heteroatoms. The number of hydrogen-bond donors (Lipinski definition) is 0. The van der Waals surface area contributed by atoms with Crippen molar-refractivity contribution < 1.29 is 12.9 Å². The number of sulfone groups is 1. The molecule has 0 aliphatic rings. The van der Waals surface area contributed by atoms with E-state index in [2.05, 4.69) is 21.1 Å². The normalized spacial score (nSPS) is 11.6. The van der Waals surface area contributed by atoms with Crippen LogP contribution in [0.4, 0.5) is 0 Å². The van der Waals surface area contributed by atoms with E-state index >= 15 is 0 Å². The Kier molecular flexibility index (Phi) is 4.37. The molecule has 0 unspecified atom stereocenters. The lowest BCUT2D eigenvalue weighted by Gasteiger charge is -2.04. The van der Waals surface area contributed by atoms with Gasteiger partial charge in [-0.3, -0.25) is 0 Å². The van der Waals surface area contributed by atoms with Gasteiger partial charge in [0.05, 0.1) is 15.8 Å². The highest BCUT2D eigenvalue weighted by atomic mass is 79.9. The number of halogens is 1. The second-order valence-electron chi connectivity index (χ2n) is 5.13. The summed E-state index contributed by atoms with van der Waals surface area (Å²) in [6.45, 7) is 0. The summed E-state index contributed by atoms with van der Waals surface area (Å²) in [7, 11) is -3.21. The third-order valence-electron chi connectivity index (χ3n) is 3.50. The topological polar surface area (TPSA) is 60.2 Å². The lowest BCUT2D eigenvalue weighted by Crippen LogP contribution is -1.96. The Bertz CT molecular complexity index is 916. The molecule has 3 aromatic rings. The van der Waals surface area contributed by atoms with Crippen molar-refractivity contribution in [3.05, 3.63) is 60.4 Å². The second kappa shape index (κ2) is 6.29. The molecule has 0 fully saturated rings. The zero-order chi connectivity index (χ0) is 16.4. The van der Waals surface area contributed by atoms with Gasteiger partial charge in [-0.05, 0) is 17.7 Å². The van der Waals surface area contributed by atoms with Crippen molar-refractivity contribution in [3.8, 4) is 22.4 Å². The van der Waals surface area contributed by atoms with Crippen molar-refractivity contribution in [2.45, 2.75) is 10.2 Å². The van der Waals surface area contributed by atoms with Gasteiger partial charge in [0.1, 0.15) is 5.69 Å². The summed E-state index contributed by atoms with van der Waals surface area (Å²) in [5.74, 6) is 0.735. The van der Waals surface area contributed by atoms with Gasteiger partial charge in [0.25, 0.3) is 0 Å². The summed E-state index contributed by atoms with van der Waals surface area (Å²) in [5.41, 5.74) is 3.43. The third kappa shape index (κ3) is 3.23. The number of nitrogens with zero attached hydrogens (tertiary/aromatic N) is 1. The Balaban J connectivity index is 2.13. The Hall–Kier alpha value is -1.92. The van der Waals surface area contributed by atoms with Crippen molar-refractivity contribution in [2.24, 2.45) is 0 Å². The minimum Gasteiger partial charge on any atom is -0.359 e. The number of alkyl halides is 1. The van der Waals surface area contributed by atoms with E-state index in [0.29, 0.717) is 11.0 Å². The Morgan fingerprint density at radius 3 is 2.22 bits per heavy atom. The van der Waals surface area contributed by atoms with E-state index in [1.165, 1.54) is 6.26 Å². The maximum atomic E-state index is 11.6. The predicted octanol–water partition coefficient (Wildman–Crippen LogP) is 4.31. The average molecular weight is 392 g/mol. The van der Waals surface area contributed by atoms with Crippen LogP contribution in [0.3, 0.4) is 0 Å². The standard InChI is InChI=1S/C17H14BrNO3S/c1-23(20,21)14-9-7-13(8-10-14)17-16(15(11-18)22-19-17)12-5-3-2-4-6-12/h2-10H,11H2,1H3. The molecule has 2 aromatic carbocycles. The summed E-state index contributed by atoms with van der Waals surface area (Å²) in [6.07, 6.45) is 1.19. The molecule has 0 spiro atoms. The summed E-state index contributed by atoms with van der Waals surface area (Å²) < 4.78 is 28.6. The number of aromatic nitrogens is 1. The SMILES string of the molecule is CS(=O)(=O)c1ccc(-c2noc(CBr)c2-c2ccccc2)cc1. The number of rotatable bonds is 4. The van der Waals surface area contributed by atoms with E-state index in [1.54, 1.807) is 24.3 Å². The fourth-order valence-corrected chi connectivity index (χ4v) is 3.39. The van der Waals surface area contributed by atoms with Crippen LogP contribution < -0.4 is 0 Å². The molecular formula is C17H14BrNO3S. The Morgan fingerprint density at radius 2 is 1.65 bits per heavy atom. The summed E-state index contributed by atoms with van der Waals surface area (Å²) >= 11 is 3.42. The van der Waals surface area contributed by atoms with Gasteiger partial charge in [-0.15, -0.1) is 0 Å². The van der Waals surface area contributed by atoms with Gasteiger partial charge in [-0.25, -0.2) is 8.42 Å². The monoisotopic (exact) mass is 391 g/mol. The molecule has 0 saturated heterocycles. The zero-order valence-corrected chi connectivity index (χ0v) is 14.8. The quantitative estimate of drug-likeness (QED) is 0.621. The van der Waals surface area contributed by atoms with Crippen LogP contribution in [-0.4, -0.2) is 19.8 Å². The number of benzene rings is 2. The smallest absolute Gasteiger partial charge is 0.175 e. The zero-order valence-electron chi connectivity index (χ0n) is 12.4. The maximum Gasteiger partial charge on any atom is 0.175 e. The lowest BCUT2D eigenvalue weighted by molar-refractivity contribution is 0.398. The van der Waals surface area contributed by atoms with E-state index in [-0.39, 0.29) is 4.90 Å². The highest BCUT2D eigenvalue weighted by Gasteiger charge is 2.18. The van der Waals surface area contributed by atoms with E-state index in [9.17, 15) is 8.42 Å². The van der Waals surface area contributed by atoms with Crippen molar-refractivity contribution in [1.82, 2.24) is 5.16 Å². The van der Waals surface area contributed by atoms with Gasteiger partial charge in [-0.2, -0.15) is 0 Å². The van der Waals surface area contributed by atoms with Gasteiger partial charge in [-0.1, -0.05) is 63.6 Å². The molecule has 23 heavy (non-hydrogen) atoms. The molecule has 0 bridgehead atoms. The van der Waals surface area contributed by atoms with Crippen LogP contribution in [0.5, 0.6) is 0 Å². The van der Waals surface area contributed by atoms with Gasteiger partial charge in [0.15, 0.2) is 15.6 Å². The van der Waals surface area contributed by atoms with Crippen molar-refractivity contribution in [2.75, 3.05) is 6.26 Å². The Labute approximate surface area is 143 Å². The minimum absolute atomic E-state index is 0.284. The maximum absolute atomic E-state index is 11.6. The van der Waals surface area contributed by atoms with Gasteiger partial charge < -0.3 is 4.52 Å². The van der Waals surface area contributed by atoms with Crippen LogP contribution in [0.1, 0.15) is 5.76 Å². The molecule has 0 atom stereocenters. The summed E-state index contributed by atoms with van der Waals surface area (Å²) in [6, 6.07) is 16.5. The van der Waals surface area contributed by atoms with E-state index in [4.69, 9.17) is 4.52 Å². The third-order valence-corrected chi connectivity index (χ3v) is 5.14. The first-order valence-corrected chi connectivity index (χ1v) is 9.92. The first-order chi connectivity index (χ1) is 11.0. The molecule has 0 radical (unpaired) electrons. The van der Waals surface area contributed by atoms with Gasteiger partial charge in [0.2, 0.25) is 0 Å². The molecule has 0 saturated carbocycles. The van der Waals surface area contributed by atoms with Crippen molar-refractivity contribution in [3.63, 3.8) is 0 Å². The average Bonchev–Trinajstić information content (AvgIpc) is 2.99. The number of hydrogen-bond acceptors (Lipinski definition) is 4. The highest BCUT2D eigenvalue weighted by Crippen LogP contribution is 2.35. The van der Waals surface area contributed by atoms with Crippen LogP contribution in [0, 0.1) is 0 Å². The fourth-order valence-electron chi connectivity index (χ4n) is 2.37. The molecule has 3 rings (SSSR count). The fraction of sp³-hybridized carbons (Fsp3) is 0.118. The molecule has 1 aromatic heterocycles. The molecule has 1 heterocycles. The summed E-state index contributed by atoms with van der Waals surface area (Å²) in [4.78, 5) is 0.284. The Morgan fingerprint density at radius 1 is 1.00 bits per heavy atom. The van der Waals surface area contributed by atoms with Gasteiger partial charge >= 0.3 is 0 Å². The van der Waals surface area contributed by atoms with Crippen LogP contribution >= 0.6 is 15.9 Å². The molecular weight excluding hydrogens is 378 g/mol. The van der Waals surface area contributed by atoms with Crippen LogP contribution in [0.25, 0.3) is 22.4 Å². The molecule has 0 N–H and O–H groups in total. The van der Waals surface area contributed by atoms with E-state index in [0.717, 1.165) is 22.5 Å². The predicted molar refractivity (Wildman–Crippen MR) is 93.1 cm³/mol. The van der Waals surface area contributed by atoms with Crippen molar-refractivity contribution in [1.29, 1.82) is 0 Å². The molecule has 0 amide bonds.